The third-order valence-electron chi connectivity index (χ3n) is 6.90. The van der Waals surface area contributed by atoms with Crippen molar-refractivity contribution in [3.63, 3.8) is 0 Å². The zero-order chi connectivity index (χ0) is 25.0. The Morgan fingerprint density at radius 3 is 2.66 bits per heavy atom. The van der Waals surface area contributed by atoms with Crippen LogP contribution in [0.1, 0.15) is 50.1 Å². The molecular formula is C24H35FN4O5S. The Morgan fingerprint density at radius 2 is 2.00 bits per heavy atom. The normalized spacial score (nSPS) is 22.0. The highest BCUT2D eigenvalue weighted by Crippen LogP contribution is 2.34. The van der Waals surface area contributed by atoms with Gasteiger partial charge in [-0.2, -0.15) is 0 Å². The van der Waals surface area contributed by atoms with Crippen LogP contribution in [-0.4, -0.2) is 75.7 Å². The van der Waals surface area contributed by atoms with E-state index in [4.69, 9.17) is 4.74 Å². The molecule has 1 saturated carbocycles. The topological polar surface area (TPSA) is 108 Å². The van der Waals surface area contributed by atoms with Crippen LogP contribution in [0.25, 0.3) is 0 Å². The zero-order valence-electron chi connectivity index (χ0n) is 20.2. The van der Waals surface area contributed by atoms with Crippen molar-refractivity contribution in [2.75, 3.05) is 45.6 Å². The monoisotopic (exact) mass is 510 g/mol. The first-order valence-electron chi connectivity index (χ1n) is 12.4. The summed E-state index contributed by atoms with van der Waals surface area (Å²) in [7, 11) is -1.58. The molecule has 35 heavy (non-hydrogen) atoms. The smallest absolute Gasteiger partial charge is 0.324 e. The van der Waals surface area contributed by atoms with Crippen molar-refractivity contribution in [1.29, 1.82) is 0 Å². The number of ether oxygens (including phenoxy) is 1. The van der Waals surface area contributed by atoms with Crippen LogP contribution < -0.4 is 14.8 Å². The quantitative estimate of drug-likeness (QED) is 0.311. The van der Waals surface area contributed by atoms with E-state index >= 15 is 0 Å². The van der Waals surface area contributed by atoms with Gasteiger partial charge >= 0.3 is 6.03 Å². The predicted octanol–water partition coefficient (Wildman–Crippen LogP) is 2.25. The fourth-order valence-corrected chi connectivity index (χ4v) is 6.10. The molecule has 0 aromatic heterocycles. The molecule has 1 aliphatic carbocycles. The minimum Gasteiger partial charge on any atom is -0.490 e. The Labute approximate surface area is 206 Å². The summed E-state index contributed by atoms with van der Waals surface area (Å²) in [6, 6.07) is 3.79. The number of hydrogen-bond acceptors (Lipinski definition) is 6. The van der Waals surface area contributed by atoms with Gasteiger partial charge in [-0.15, -0.1) is 0 Å². The van der Waals surface area contributed by atoms with Crippen LogP contribution in [-0.2, 0) is 14.8 Å². The van der Waals surface area contributed by atoms with E-state index in [1.165, 1.54) is 11.0 Å². The first-order valence-corrected chi connectivity index (χ1v) is 14.0. The SMILES string of the molecule is CN1CCC([C@@H](NS(=O)(=O)CCCCCN2CC(=O)NC2=O)c2ccc(F)c(OCC3CC3)c2)C1. The van der Waals surface area contributed by atoms with Crippen molar-refractivity contribution < 1.29 is 27.1 Å². The molecule has 2 atom stereocenters. The number of halogens is 1. The van der Waals surface area contributed by atoms with Gasteiger partial charge in [0.1, 0.15) is 6.54 Å². The van der Waals surface area contributed by atoms with Crippen LogP contribution >= 0.6 is 0 Å². The lowest BCUT2D eigenvalue weighted by Gasteiger charge is -2.26. The summed E-state index contributed by atoms with van der Waals surface area (Å²) in [4.78, 5) is 26.4. The van der Waals surface area contributed by atoms with E-state index in [0.29, 0.717) is 43.9 Å². The molecule has 3 amide bonds. The number of nitrogens with zero attached hydrogens (tertiary/aromatic N) is 2. The Morgan fingerprint density at radius 1 is 1.20 bits per heavy atom. The summed E-state index contributed by atoms with van der Waals surface area (Å²) in [5, 5.41) is 2.23. The van der Waals surface area contributed by atoms with E-state index in [-0.39, 0.29) is 29.9 Å². The average Bonchev–Trinajstić information content (AvgIpc) is 3.44. The van der Waals surface area contributed by atoms with Crippen LogP contribution in [0.4, 0.5) is 9.18 Å². The molecular weight excluding hydrogens is 475 g/mol. The van der Waals surface area contributed by atoms with Crippen molar-refractivity contribution in [2.45, 2.75) is 44.6 Å². The number of hydrogen-bond donors (Lipinski definition) is 2. The molecule has 4 rings (SSSR count). The summed E-state index contributed by atoms with van der Waals surface area (Å²) in [5.74, 6) is -0.0582. The molecule has 0 radical (unpaired) electrons. The van der Waals surface area contributed by atoms with Gasteiger partial charge in [-0.1, -0.05) is 12.5 Å². The van der Waals surface area contributed by atoms with Gasteiger partial charge in [0.15, 0.2) is 11.6 Å². The lowest BCUT2D eigenvalue weighted by Crippen LogP contribution is -2.36. The second kappa shape index (κ2) is 11.2. The molecule has 194 valence electrons. The molecule has 11 heteroatoms. The summed E-state index contributed by atoms with van der Waals surface area (Å²) in [6.45, 7) is 2.58. The molecule has 2 N–H and O–H groups in total. The molecule has 1 unspecified atom stereocenters. The van der Waals surface area contributed by atoms with Gasteiger partial charge < -0.3 is 14.5 Å². The molecule has 2 heterocycles. The number of sulfonamides is 1. The number of rotatable bonds is 13. The van der Waals surface area contributed by atoms with Gasteiger partial charge in [0, 0.05) is 13.1 Å². The summed E-state index contributed by atoms with van der Waals surface area (Å²) < 4.78 is 48.9. The number of likely N-dealkylation sites (tertiary alicyclic amines) is 1. The van der Waals surface area contributed by atoms with Crippen molar-refractivity contribution in [2.24, 2.45) is 11.8 Å². The fraction of sp³-hybridized carbons (Fsp3) is 0.667. The Kier molecular flexibility index (Phi) is 8.28. The molecule has 0 bridgehead atoms. The molecule has 0 spiro atoms. The molecule has 1 aromatic carbocycles. The van der Waals surface area contributed by atoms with Gasteiger partial charge in [-0.3, -0.25) is 10.1 Å². The van der Waals surface area contributed by atoms with Crippen LogP contribution in [0.15, 0.2) is 18.2 Å². The summed E-state index contributed by atoms with van der Waals surface area (Å²) in [6.07, 6.45) is 4.71. The third-order valence-corrected chi connectivity index (χ3v) is 8.34. The summed E-state index contributed by atoms with van der Waals surface area (Å²) in [5.41, 5.74) is 0.714. The Hall–Kier alpha value is -2.24. The Bertz CT molecular complexity index is 1030. The maximum absolute atomic E-state index is 14.4. The van der Waals surface area contributed by atoms with E-state index < -0.39 is 27.9 Å². The molecule has 3 fully saturated rings. The molecule has 1 aromatic rings. The Balaban J connectivity index is 1.35. The van der Waals surface area contributed by atoms with Crippen molar-refractivity contribution in [1.82, 2.24) is 19.8 Å². The largest absolute Gasteiger partial charge is 0.490 e. The standard InChI is InChI=1S/C24H35FN4O5S/c1-28-11-9-19(14-28)23(18-7-8-20(25)21(13-18)34-16-17-5-6-17)27-35(32,33)12-4-2-3-10-29-15-22(30)26-24(29)31/h7-8,13,17,19,23,27H,2-6,9-12,14-16H2,1H3,(H,26,30,31)/t19?,23-/m0/s1. The highest BCUT2D eigenvalue weighted by molar-refractivity contribution is 7.89. The number of amides is 3. The van der Waals surface area contributed by atoms with E-state index in [2.05, 4.69) is 14.9 Å². The number of imide groups is 1. The third kappa shape index (κ3) is 7.37. The van der Waals surface area contributed by atoms with Gasteiger partial charge in [0.25, 0.3) is 0 Å². The number of unbranched alkanes of at least 4 members (excludes halogenated alkanes) is 2. The molecule has 3 aliphatic rings. The number of benzene rings is 1. The number of carbonyl (C=O) groups is 2. The maximum Gasteiger partial charge on any atom is 0.324 e. The number of carbonyl (C=O) groups excluding carboxylic acids is 2. The van der Waals surface area contributed by atoms with Gasteiger partial charge in [0.05, 0.1) is 18.4 Å². The van der Waals surface area contributed by atoms with Gasteiger partial charge in [-0.25, -0.2) is 22.3 Å². The second-order valence-corrected chi connectivity index (χ2v) is 11.9. The number of nitrogens with one attached hydrogen (secondary N) is 2. The highest BCUT2D eigenvalue weighted by atomic mass is 32.2. The van der Waals surface area contributed by atoms with E-state index in [1.807, 2.05) is 7.05 Å². The van der Waals surface area contributed by atoms with Crippen LogP contribution in [0, 0.1) is 17.7 Å². The minimum atomic E-state index is -3.59. The first kappa shape index (κ1) is 25.8. The molecule has 2 aliphatic heterocycles. The predicted molar refractivity (Wildman–Crippen MR) is 129 cm³/mol. The van der Waals surface area contributed by atoms with Crippen molar-refractivity contribution >= 4 is 22.0 Å². The van der Waals surface area contributed by atoms with Crippen molar-refractivity contribution in [3.8, 4) is 5.75 Å². The lowest BCUT2D eigenvalue weighted by molar-refractivity contribution is -0.118. The zero-order valence-corrected chi connectivity index (χ0v) is 21.0. The minimum absolute atomic E-state index is 0.0383. The molecule has 9 nitrogen and oxygen atoms in total. The highest BCUT2D eigenvalue weighted by Gasteiger charge is 2.33. The van der Waals surface area contributed by atoms with E-state index in [1.54, 1.807) is 12.1 Å². The second-order valence-electron chi connectivity index (χ2n) is 10.0. The van der Waals surface area contributed by atoms with Crippen LogP contribution in [0.3, 0.4) is 0 Å². The van der Waals surface area contributed by atoms with Crippen LogP contribution in [0.2, 0.25) is 0 Å². The average molecular weight is 511 g/mol. The van der Waals surface area contributed by atoms with E-state index in [9.17, 15) is 22.4 Å². The van der Waals surface area contributed by atoms with Crippen LogP contribution in [0.5, 0.6) is 5.75 Å². The maximum atomic E-state index is 14.4. The van der Waals surface area contributed by atoms with Gasteiger partial charge in [0.2, 0.25) is 15.9 Å². The first-order chi connectivity index (χ1) is 16.7. The lowest BCUT2D eigenvalue weighted by atomic mass is 9.93. The fourth-order valence-electron chi connectivity index (χ4n) is 4.68. The van der Waals surface area contributed by atoms with Crippen molar-refractivity contribution in [3.05, 3.63) is 29.6 Å². The van der Waals surface area contributed by atoms with Gasteiger partial charge in [-0.05, 0) is 75.2 Å². The summed E-state index contributed by atoms with van der Waals surface area (Å²) >= 11 is 0. The number of urea groups is 1. The molecule has 2 saturated heterocycles. The van der Waals surface area contributed by atoms with E-state index in [0.717, 1.165) is 32.4 Å².